The molecule has 3 rings (SSSR count). The van der Waals surface area contributed by atoms with Gasteiger partial charge in [-0.05, 0) is 46.3 Å². The minimum atomic E-state index is -0.459. The zero-order valence-electron chi connectivity index (χ0n) is 10.9. The first-order valence-corrected chi connectivity index (χ1v) is 6.19. The molecule has 0 amide bonds. The van der Waals surface area contributed by atoms with E-state index in [1.54, 1.807) is 12.1 Å². The summed E-state index contributed by atoms with van der Waals surface area (Å²) in [7, 11) is 0. The molecule has 21 heavy (non-hydrogen) atoms. The van der Waals surface area contributed by atoms with Crippen LogP contribution in [0.15, 0.2) is 42.5 Å². The van der Waals surface area contributed by atoms with Crippen molar-refractivity contribution in [2.24, 2.45) is 0 Å². The minimum Gasteiger partial charge on any atom is -0.399 e. The zero-order valence-corrected chi connectivity index (χ0v) is 10.9. The summed E-state index contributed by atoms with van der Waals surface area (Å²) in [6.07, 6.45) is 0. The SMILES string of the molecule is Nc1ccc(F)c(-c2nnnn2Cc2ccc(F)cc2)c1. The van der Waals surface area contributed by atoms with Gasteiger partial charge >= 0.3 is 0 Å². The number of halogens is 2. The van der Waals surface area contributed by atoms with E-state index in [0.717, 1.165) is 5.56 Å². The molecule has 0 saturated heterocycles. The van der Waals surface area contributed by atoms with Crippen LogP contribution in [0.1, 0.15) is 5.56 Å². The highest BCUT2D eigenvalue weighted by Gasteiger charge is 2.14. The van der Waals surface area contributed by atoms with E-state index in [2.05, 4.69) is 15.5 Å². The number of hydrogen-bond acceptors (Lipinski definition) is 4. The Balaban J connectivity index is 1.97. The monoisotopic (exact) mass is 287 g/mol. The first-order chi connectivity index (χ1) is 10.1. The molecule has 5 nitrogen and oxygen atoms in total. The highest BCUT2D eigenvalue weighted by Crippen LogP contribution is 2.23. The van der Waals surface area contributed by atoms with E-state index in [1.165, 1.54) is 35.0 Å². The first-order valence-electron chi connectivity index (χ1n) is 6.19. The molecule has 0 aliphatic heterocycles. The highest BCUT2D eigenvalue weighted by atomic mass is 19.1. The average molecular weight is 287 g/mol. The number of anilines is 1. The lowest BCUT2D eigenvalue weighted by atomic mass is 10.1. The topological polar surface area (TPSA) is 69.6 Å². The lowest BCUT2D eigenvalue weighted by Gasteiger charge is -2.06. The smallest absolute Gasteiger partial charge is 0.185 e. The molecule has 0 atom stereocenters. The van der Waals surface area contributed by atoms with Gasteiger partial charge in [0.25, 0.3) is 0 Å². The van der Waals surface area contributed by atoms with Crippen LogP contribution < -0.4 is 5.73 Å². The summed E-state index contributed by atoms with van der Waals surface area (Å²) in [5, 5.41) is 11.2. The number of benzene rings is 2. The van der Waals surface area contributed by atoms with Gasteiger partial charge in [0.15, 0.2) is 5.82 Å². The van der Waals surface area contributed by atoms with Gasteiger partial charge in [-0.3, -0.25) is 0 Å². The standard InChI is InChI=1S/C14H11F2N5/c15-10-3-1-9(2-4-10)8-21-14(18-19-20-21)12-7-11(17)5-6-13(12)16/h1-7H,8,17H2. The number of nitrogens with two attached hydrogens (primary N) is 1. The lowest BCUT2D eigenvalue weighted by Crippen LogP contribution is -2.05. The van der Waals surface area contributed by atoms with E-state index in [9.17, 15) is 8.78 Å². The fourth-order valence-corrected chi connectivity index (χ4v) is 1.98. The largest absolute Gasteiger partial charge is 0.399 e. The van der Waals surface area contributed by atoms with E-state index in [4.69, 9.17) is 5.73 Å². The summed E-state index contributed by atoms with van der Waals surface area (Å²) in [6, 6.07) is 10.1. The molecule has 0 aliphatic carbocycles. The number of hydrogen-bond donors (Lipinski definition) is 1. The number of nitrogens with zero attached hydrogens (tertiary/aromatic N) is 4. The Morgan fingerprint density at radius 3 is 2.57 bits per heavy atom. The molecule has 0 saturated carbocycles. The van der Waals surface area contributed by atoms with E-state index in [0.29, 0.717) is 12.2 Å². The number of tetrazole rings is 1. The Labute approximate surface area is 119 Å². The molecule has 0 unspecified atom stereocenters. The summed E-state index contributed by atoms with van der Waals surface area (Å²) in [4.78, 5) is 0. The van der Waals surface area contributed by atoms with Crippen molar-refractivity contribution >= 4 is 5.69 Å². The van der Waals surface area contributed by atoms with Gasteiger partial charge in [-0.2, -0.15) is 0 Å². The Hall–Kier alpha value is -2.83. The minimum absolute atomic E-state index is 0.224. The zero-order chi connectivity index (χ0) is 14.8. The number of aromatic nitrogens is 4. The van der Waals surface area contributed by atoms with Crippen molar-refractivity contribution < 1.29 is 8.78 Å². The number of rotatable bonds is 3. The van der Waals surface area contributed by atoms with Crippen molar-refractivity contribution in [1.82, 2.24) is 20.2 Å². The van der Waals surface area contributed by atoms with Crippen LogP contribution in [0.25, 0.3) is 11.4 Å². The normalized spacial score (nSPS) is 10.8. The van der Waals surface area contributed by atoms with Crippen molar-refractivity contribution in [3.05, 3.63) is 59.7 Å². The maximum atomic E-state index is 13.9. The van der Waals surface area contributed by atoms with Gasteiger partial charge in [-0.15, -0.1) is 5.10 Å². The van der Waals surface area contributed by atoms with Gasteiger partial charge < -0.3 is 5.73 Å². The fourth-order valence-electron chi connectivity index (χ4n) is 1.98. The molecule has 1 aromatic heterocycles. The van der Waals surface area contributed by atoms with Crippen LogP contribution in [-0.2, 0) is 6.54 Å². The Kier molecular flexibility index (Phi) is 3.31. The summed E-state index contributed by atoms with van der Waals surface area (Å²) >= 11 is 0. The molecule has 0 aliphatic rings. The maximum absolute atomic E-state index is 13.9. The molecule has 0 bridgehead atoms. The molecule has 2 aromatic carbocycles. The second-order valence-electron chi connectivity index (χ2n) is 4.53. The second-order valence-corrected chi connectivity index (χ2v) is 4.53. The molecular formula is C14H11F2N5. The average Bonchev–Trinajstić information content (AvgIpc) is 2.92. The van der Waals surface area contributed by atoms with E-state index in [1.807, 2.05) is 0 Å². The van der Waals surface area contributed by atoms with Crippen molar-refractivity contribution in [2.45, 2.75) is 6.54 Å². The van der Waals surface area contributed by atoms with Crippen molar-refractivity contribution in [3.63, 3.8) is 0 Å². The van der Waals surface area contributed by atoms with E-state index >= 15 is 0 Å². The van der Waals surface area contributed by atoms with Gasteiger partial charge in [0.1, 0.15) is 11.6 Å². The quantitative estimate of drug-likeness (QED) is 0.750. The Bertz CT molecular complexity index is 767. The molecular weight excluding hydrogens is 276 g/mol. The molecule has 3 aromatic rings. The van der Waals surface area contributed by atoms with Gasteiger partial charge in [-0.25, -0.2) is 13.5 Å². The van der Waals surface area contributed by atoms with Crippen molar-refractivity contribution in [3.8, 4) is 11.4 Å². The predicted octanol–water partition coefficient (Wildman–Crippen LogP) is 2.25. The highest BCUT2D eigenvalue weighted by molar-refractivity contribution is 5.61. The Morgan fingerprint density at radius 1 is 1.05 bits per heavy atom. The van der Waals surface area contributed by atoms with Crippen LogP contribution in [0.2, 0.25) is 0 Å². The molecule has 2 N–H and O–H groups in total. The molecule has 1 heterocycles. The number of nitrogen functional groups attached to an aromatic ring is 1. The van der Waals surface area contributed by atoms with Gasteiger partial charge in [0.05, 0.1) is 12.1 Å². The Morgan fingerprint density at radius 2 is 1.81 bits per heavy atom. The van der Waals surface area contributed by atoms with Gasteiger partial charge in [0.2, 0.25) is 0 Å². The molecule has 7 heteroatoms. The first kappa shape index (κ1) is 13.2. The van der Waals surface area contributed by atoms with Crippen LogP contribution in [0.4, 0.5) is 14.5 Å². The molecule has 0 radical (unpaired) electrons. The van der Waals surface area contributed by atoms with E-state index < -0.39 is 5.82 Å². The third-order valence-corrected chi connectivity index (χ3v) is 3.01. The summed E-state index contributed by atoms with van der Waals surface area (Å²) in [5.41, 5.74) is 7.11. The summed E-state index contributed by atoms with van der Waals surface area (Å²) < 4.78 is 28.2. The van der Waals surface area contributed by atoms with Crippen LogP contribution >= 0.6 is 0 Å². The van der Waals surface area contributed by atoms with Crippen LogP contribution in [-0.4, -0.2) is 20.2 Å². The van der Waals surface area contributed by atoms with Gasteiger partial charge in [0, 0.05) is 5.69 Å². The molecule has 106 valence electrons. The van der Waals surface area contributed by atoms with E-state index in [-0.39, 0.29) is 17.2 Å². The van der Waals surface area contributed by atoms with Crippen LogP contribution in [0.3, 0.4) is 0 Å². The lowest BCUT2D eigenvalue weighted by molar-refractivity contribution is 0.616. The second kappa shape index (κ2) is 5.28. The predicted molar refractivity (Wildman–Crippen MR) is 73.1 cm³/mol. The maximum Gasteiger partial charge on any atom is 0.185 e. The fraction of sp³-hybridized carbons (Fsp3) is 0.0714. The van der Waals surface area contributed by atoms with Crippen LogP contribution in [0, 0.1) is 11.6 Å². The van der Waals surface area contributed by atoms with Crippen LogP contribution in [0.5, 0.6) is 0 Å². The van der Waals surface area contributed by atoms with Gasteiger partial charge in [-0.1, -0.05) is 12.1 Å². The van der Waals surface area contributed by atoms with Crippen molar-refractivity contribution in [2.75, 3.05) is 5.73 Å². The van der Waals surface area contributed by atoms with Crippen molar-refractivity contribution in [1.29, 1.82) is 0 Å². The molecule has 0 spiro atoms. The summed E-state index contributed by atoms with van der Waals surface area (Å²) in [6.45, 7) is 0.302. The molecule has 0 fully saturated rings. The summed E-state index contributed by atoms with van der Waals surface area (Å²) in [5.74, 6) is -0.513. The third kappa shape index (κ3) is 2.71. The third-order valence-electron chi connectivity index (χ3n) is 3.01.